The molecule has 0 aromatic carbocycles. The summed E-state index contributed by atoms with van der Waals surface area (Å²) < 4.78 is 6.58. The predicted molar refractivity (Wildman–Crippen MR) is 78.0 cm³/mol. The summed E-state index contributed by atoms with van der Waals surface area (Å²) in [5.74, 6) is 3.18. The molecule has 0 aliphatic heterocycles. The molecule has 5 rings (SSSR count). The average molecular weight is 262 g/mol. The second-order valence-electron chi connectivity index (χ2n) is 8.32. The summed E-state index contributed by atoms with van der Waals surface area (Å²) >= 11 is 0. The van der Waals surface area contributed by atoms with Gasteiger partial charge < -0.3 is 4.74 Å². The van der Waals surface area contributed by atoms with E-state index in [2.05, 4.69) is 6.92 Å². The SMILES string of the molecule is CC(OC1CCCCC1)C12CC3CC(CC(C3)C1)C2. The highest BCUT2D eigenvalue weighted by atomic mass is 16.5. The first-order valence-corrected chi connectivity index (χ1v) is 8.89. The zero-order valence-corrected chi connectivity index (χ0v) is 12.6. The minimum absolute atomic E-state index is 0.531. The van der Waals surface area contributed by atoms with Gasteiger partial charge in [-0.2, -0.15) is 0 Å². The van der Waals surface area contributed by atoms with Crippen molar-refractivity contribution in [3.05, 3.63) is 0 Å². The maximum Gasteiger partial charge on any atom is 0.0607 e. The Morgan fingerprint density at radius 1 is 0.842 bits per heavy atom. The quantitative estimate of drug-likeness (QED) is 0.700. The molecule has 1 atom stereocenters. The highest BCUT2D eigenvalue weighted by molar-refractivity contribution is 5.04. The Hall–Kier alpha value is -0.0400. The topological polar surface area (TPSA) is 9.23 Å². The van der Waals surface area contributed by atoms with Crippen molar-refractivity contribution < 1.29 is 4.74 Å². The van der Waals surface area contributed by atoms with Crippen LogP contribution in [-0.4, -0.2) is 12.2 Å². The van der Waals surface area contributed by atoms with E-state index in [-0.39, 0.29) is 0 Å². The van der Waals surface area contributed by atoms with E-state index >= 15 is 0 Å². The molecule has 5 fully saturated rings. The van der Waals surface area contributed by atoms with Crippen LogP contribution in [0.1, 0.15) is 77.6 Å². The van der Waals surface area contributed by atoms with Crippen molar-refractivity contribution in [2.24, 2.45) is 23.2 Å². The van der Waals surface area contributed by atoms with E-state index < -0.39 is 0 Å². The van der Waals surface area contributed by atoms with Gasteiger partial charge in [0.15, 0.2) is 0 Å². The van der Waals surface area contributed by atoms with Crippen LogP contribution in [0, 0.1) is 23.2 Å². The van der Waals surface area contributed by atoms with Crippen LogP contribution in [0.4, 0.5) is 0 Å². The molecular weight excluding hydrogens is 232 g/mol. The molecule has 0 aromatic rings. The fourth-order valence-corrected chi connectivity index (χ4v) is 6.31. The summed E-state index contributed by atoms with van der Waals surface area (Å²) in [6.07, 6.45) is 17.2. The van der Waals surface area contributed by atoms with E-state index in [9.17, 15) is 0 Å². The van der Waals surface area contributed by atoms with Gasteiger partial charge in [-0.25, -0.2) is 0 Å². The van der Waals surface area contributed by atoms with Crippen LogP contribution >= 0.6 is 0 Å². The lowest BCUT2D eigenvalue weighted by molar-refractivity contribution is -0.157. The third-order valence-electron chi connectivity index (χ3n) is 6.90. The van der Waals surface area contributed by atoms with E-state index in [1.807, 2.05) is 0 Å². The number of ether oxygens (including phenoxy) is 1. The number of hydrogen-bond donors (Lipinski definition) is 0. The van der Waals surface area contributed by atoms with Crippen molar-refractivity contribution in [1.82, 2.24) is 0 Å². The van der Waals surface area contributed by atoms with Gasteiger partial charge in [0, 0.05) is 0 Å². The standard InChI is InChI=1S/C18H30O/c1-13(19-17-5-3-2-4-6-17)18-10-14-7-15(11-18)9-16(8-14)12-18/h13-17H,2-12H2,1H3. The predicted octanol–water partition coefficient (Wildman–Crippen LogP) is 4.94. The molecule has 5 saturated carbocycles. The van der Waals surface area contributed by atoms with Crippen LogP contribution in [0.5, 0.6) is 0 Å². The van der Waals surface area contributed by atoms with Gasteiger partial charge in [-0.3, -0.25) is 0 Å². The van der Waals surface area contributed by atoms with Crippen LogP contribution in [0.3, 0.4) is 0 Å². The van der Waals surface area contributed by atoms with E-state index in [1.54, 1.807) is 19.3 Å². The van der Waals surface area contributed by atoms with Crippen molar-refractivity contribution in [2.75, 3.05) is 0 Å². The lowest BCUT2D eigenvalue weighted by Gasteiger charge is -2.59. The van der Waals surface area contributed by atoms with Gasteiger partial charge in [0.05, 0.1) is 12.2 Å². The molecule has 0 saturated heterocycles. The minimum Gasteiger partial charge on any atom is -0.375 e. The fraction of sp³-hybridized carbons (Fsp3) is 1.00. The normalized spacial score (nSPS) is 47.5. The molecule has 108 valence electrons. The van der Waals surface area contributed by atoms with Gasteiger partial charge in [-0.1, -0.05) is 19.3 Å². The smallest absolute Gasteiger partial charge is 0.0607 e. The van der Waals surface area contributed by atoms with E-state index in [0.29, 0.717) is 17.6 Å². The summed E-state index contributed by atoms with van der Waals surface area (Å²) in [5, 5.41) is 0. The summed E-state index contributed by atoms with van der Waals surface area (Å²) in [6, 6.07) is 0. The Morgan fingerprint density at radius 3 is 1.89 bits per heavy atom. The van der Waals surface area contributed by atoms with Crippen LogP contribution in [-0.2, 0) is 4.74 Å². The molecule has 0 heterocycles. The summed E-state index contributed by atoms with van der Waals surface area (Å²) in [5.41, 5.74) is 0.589. The summed E-state index contributed by atoms with van der Waals surface area (Å²) in [7, 11) is 0. The fourth-order valence-electron chi connectivity index (χ4n) is 6.31. The summed E-state index contributed by atoms with van der Waals surface area (Å²) in [4.78, 5) is 0. The molecule has 1 unspecified atom stereocenters. The van der Waals surface area contributed by atoms with E-state index in [0.717, 1.165) is 17.8 Å². The Morgan fingerprint density at radius 2 is 1.37 bits per heavy atom. The van der Waals surface area contributed by atoms with Gasteiger partial charge in [0.25, 0.3) is 0 Å². The molecule has 5 aliphatic carbocycles. The highest BCUT2D eigenvalue weighted by Gasteiger charge is 2.53. The second-order valence-corrected chi connectivity index (χ2v) is 8.32. The first-order chi connectivity index (χ1) is 9.23. The maximum atomic E-state index is 6.58. The van der Waals surface area contributed by atoms with E-state index in [1.165, 1.54) is 51.4 Å². The Kier molecular flexibility index (Phi) is 3.17. The van der Waals surface area contributed by atoms with Gasteiger partial charge in [0.1, 0.15) is 0 Å². The average Bonchev–Trinajstić information content (AvgIpc) is 2.38. The Balaban J connectivity index is 1.45. The Labute approximate surface area is 118 Å². The summed E-state index contributed by atoms with van der Waals surface area (Å²) in [6.45, 7) is 2.42. The van der Waals surface area contributed by atoms with Crippen LogP contribution in [0.2, 0.25) is 0 Å². The maximum absolute atomic E-state index is 6.58. The molecule has 0 amide bonds. The lowest BCUT2D eigenvalue weighted by atomic mass is 9.48. The largest absolute Gasteiger partial charge is 0.375 e. The molecule has 1 nitrogen and oxygen atoms in total. The first-order valence-electron chi connectivity index (χ1n) is 8.89. The third-order valence-corrected chi connectivity index (χ3v) is 6.90. The van der Waals surface area contributed by atoms with Crippen molar-refractivity contribution in [1.29, 1.82) is 0 Å². The van der Waals surface area contributed by atoms with Gasteiger partial charge in [-0.15, -0.1) is 0 Å². The monoisotopic (exact) mass is 262 g/mol. The number of rotatable bonds is 3. The number of hydrogen-bond acceptors (Lipinski definition) is 1. The molecule has 19 heavy (non-hydrogen) atoms. The molecule has 0 radical (unpaired) electrons. The zero-order chi connectivity index (χ0) is 12.9. The molecule has 0 aromatic heterocycles. The van der Waals surface area contributed by atoms with Crippen LogP contribution < -0.4 is 0 Å². The van der Waals surface area contributed by atoms with Crippen molar-refractivity contribution in [2.45, 2.75) is 89.8 Å². The molecule has 1 heteroatoms. The second kappa shape index (κ2) is 4.76. The molecule has 4 bridgehead atoms. The molecule has 5 aliphatic rings. The van der Waals surface area contributed by atoms with Gasteiger partial charge in [0.2, 0.25) is 0 Å². The lowest BCUT2D eigenvalue weighted by Crippen LogP contribution is -2.52. The third kappa shape index (κ3) is 2.26. The zero-order valence-electron chi connectivity index (χ0n) is 12.6. The van der Waals surface area contributed by atoms with E-state index in [4.69, 9.17) is 4.74 Å². The minimum atomic E-state index is 0.531. The first kappa shape index (κ1) is 12.7. The van der Waals surface area contributed by atoms with Crippen molar-refractivity contribution >= 4 is 0 Å². The van der Waals surface area contributed by atoms with Crippen molar-refractivity contribution in [3.63, 3.8) is 0 Å². The highest BCUT2D eigenvalue weighted by Crippen LogP contribution is 2.61. The molecule has 0 spiro atoms. The van der Waals surface area contributed by atoms with Gasteiger partial charge >= 0.3 is 0 Å². The van der Waals surface area contributed by atoms with Gasteiger partial charge in [-0.05, 0) is 81.5 Å². The Bertz CT molecular complexity index is 293. The van der Waals surface area contributed by atoms with Crippen LogP contribution in [0.25, 0.3) is 0 Å². The molecular formula is C18H30O. The molecule has 0 N–H and O–H groups in total. The van der Waals surface area contributed by atoms with Crippen LogP contribution in [0.15, 0.2) is 0 Å². The van der Waals surface area contributed by atoms with Crippen molar-refractivity contribution in [3.8, 4) is 0 Å².